The monoisotopic (exact) mass is 389 g/mol. The van der Waals surface area contributed by atoms with Gasteiger partial charge in [-0.25, -0.2) is 4.68 Å². The van der Waals surface area contributed by atoms with Gasteiger partial charge in [-0.2, -0.15) is 0 Å². The van der Waals surface area contributed by atoms with Gasteiger partial charge in [-0.15, -0.1) is 5.10 Å². The van der Waals surface area contributed by atoms with Crippen LogP contribution in [0.5, 0.6) is 0 Å². The molecule has 0 fully saturated rings. The van der Waals surface area contributed by atoms with E-state index in [1.165, 1.54) is 11.8 Å². The topological polar surface area (TPSA) is 72.7 Å². The average Bonchev–Trinajstić information content (AvgIpc) is 3.15. The first-order chi connectivity index (χ1) is 13.7. The van der Waals surface area contributed by atoms with Crippen LogP contribution in [0.4, 0.5) is 5.69 Å². The van der Waals surface area contributed by atoms with Crippen molar-refractivity contribution in [3.63, 3.8) is 0 Å². The second-order valence-electron chi connectivity index (χ2n) is 6.42. The van der Waals surface area contributed by atoms with E-state index in [4.69, 9.17) is 0 Å². The van der Waals surface area contributed by atoms with E-state index in [0.29, 0.717) is 11.7 Å². The van der Waals surface area contributed by atoms with Crippen molar-refractivity contribution in [1.29, 1.82) is 0 Å². The van der Waals surface area contributed by atoms with Gasteiger partial charge in [0.2, 0.25) is 11.1 Å². The molecule has 1 atom stereocenters. The van der Waals surface area contributed by atoms with Gasteiger partial charge in [0.15, 0.2) is 0 Å². The summed E-state index contributed by atoms with van der Waals surface area (Å²) < 4.78 is 1.71. The summed E-state index contributed by atoms with van der Waals surface area (Å²) in [6.07, 6.45) is 0. The first kappa shape index (κ1) is 18.2. The smallest absolute Gasteiger partial charge is 0.237 e. The lowest BCUT2D eigenvalue weighted by Crippen LogP contribution is -2.23. The van der Waals surface area contributed by atoms with E-state index in [1.807, 2.05) is 79.7 Å². The highest BCUT2D eigenvalue weighted by Crippen LogP contribution is 2.23. The van der Waals surface area contributed by atoms with Gasteiger partial charge < -0.3 is 5.32 Å². The number of fused-ring (bicyclic) bond motifs is 1. The summed E-state index contributed by atoms with van der Waals surface area (Å²) in [7, 11) is 0. The van der Waals surface area contributed by atoms with E-state index in [0.717, 1.165) is 22.0 Å². The molecular formula is C21H19N5OS. The molecule has 0 aliphatic rings. The molecule has 4 aromatic rings. The number of anilines is 1. The van der Waals surface area contributed by atoms with Gasteiger partial charge in [0.1, 0.15) is 0 Å². The number of carbonyl (C=O) groups excluding carboxylic acids is 1. The van der Waals surface area contributed by atoms with E-state index in [-0.39, 0.29) is 11.2 Å². The van der Waals surface area contributed by atoms with Crippen LogP contribution in [0.1, 0.15) is 12.5 Å². The molecule has 28 heavy (non-hydrogen) atoms. The number of nitrogens with zero attached hydrogens (tertiary/aromatic N) is 4. The largest absolute Gasteiger partial charge is 0.325 e. The summed E-state index contributed by atoms with van der Waals surface area (Å²) >= 11 is 1.34. The Morgan fingerprint density at radius 2 is 1.79 bits per heavy atom. The zero-order chi connectivity index (χ0) is 19.3. The summed E-state index contributed by atoms with van der Waals surface area (Å²) in [4.78, 5) is 12.6. The third kappa shape index (κ3) is 4.20. The molecule has 1 unspecified atom stereocenters. The Kier molecular flexibility index (Phi) is 5.34. The molecule has 140 valence electrons. The molecule has 0 spiro atoms. The Bertz CT molecular complexity index is 1100. The number of tetrazole rings is 1. The molecule has 4 rings (SSSR count). The van der Waals surface area contributed by atoms with E-state index >= 15 is 0 Å². The molecule has 1 aromatic heterocycles. The summed E-state index contributed by atoms with van der Waals surface area (Å²) in [5, 5.41) is 17.4. The van der Waals surface area contributed by atoms with Crippen LogP contribution in [0.25, 0.3) is 10.8 Å². The van der Waals surface area contributed by atoms with E-state index in [9.17, 15) is 4.79 Å². The average molecular weight is 389 g/mol. The predicted octanol–water partition coefficient (Wildman–Crippen LogP) is 3.99. The van der Waals surface area contributed by atoms with Gasteiger partial charge in [-0.05, 0) is 45.8 Å². The Hall–Kier alpha value is -3.19. The van der Waals surface area contributed by atoms with Crippen LogP contribution in [0.2, 0.25) is 0 Å². The van der Waals surface area contributed by atoms with Gasteiger partial charge in [0.05, 0.1) is 11.8 Å². The number of carbonyl (C=O) groups is 1. The Morgan fingerprint density at radius 1 is 1.04 bits per heavy atom. The van der Waals surface area contributed by atoms with Gasteiger partial charge >= 0.3 is 0 Å². The Balaban J connectivity index is 1.42. The van der Waals surface area contributed by atoms with Crippen LogP contribution < -0.4 is 5.32 Å². The fraction of sp³-hybridized carbons (Fsp3) is 0.143. The van der Waals surface area contributed by atoms with Gasteiger partial charge in [0, 0.05) is 5.69 Å². The maximum absolute atomic E-state index is 12.6. The van der Waals surface area contributed by atoms with Crippen molar-refractivity contribution in [2.24, 2.45) is 0 Å². The van der Waals surface area contributed by atoms with E-state index in [2.05, 4.69) is 20.8 Å². The predicted molar refractivity (Wildman–Crippen MR) is 111 cm³/mol. The molecule has 1 N–H and O–H groups in total. The molecule has 0 aliphatic carbocycles. The van der Waals surface area contributed by atoms with Crippen LogP contribution >= 0.6 is 11.8 Å². The normalized spacial score (nSPS) is 12.0. The van der Waals surface area contributed by atoms with Crippen molar-refractivity contribution in [1.82, 2.24) is 20.2 Å². The van der Waals surface area contributed by atoms with Crippen molar-refractivity contribution < 1.29 is 4.79 Å². The lowest BCUT2D eigenvalue weighted by atomic mass is 10.1. The number of hydrogen-bond donors (Lipinski definition) is 1. The lowest BCUT2D eigenvalue weighted by molar-refractivity contribution is -0.115. The molecule has 0 aliphatic heterocycles. The van der Waals surface area contributed by atoms with Crippen LogP contribution in [0.3, 0.4) is 0 Å². The van der Waals surface area contributed by atoms with Gasteiger partial charge in [-0.1, -0.05) is 72.4 Å². The fourth-order valence-electron chi connectivity index (χ4n) is 2.86. The molecule has 0 saturated heterocycles. The van der Waals surface area contributed by atoms with Crippen LogP contribution in [-0.4, -0.2) is 31.4 Å². The minimum atomic E-state index is -0.341. The number of amides is 1. The Labute approximate surface area is 167 Å². The molecule has 0 bridgehead atoms. The van der Waals surface area contributed by atoms with Crippen LogP contribution in [0.15, 0.2) is 78.0 Å². The van der Waals surface area contributed by atoms with Crippen molar-refractivity contribution in [3.8, 4) is 0 Å². The zero-order valence-electron chi connectivity index (χ0n) is 15.3. The second-order valence-corrected chi connectivity index (χ2v) is 7.72. The molecule has 7 heteroatoms. The second kappa shape index (κ2) is 8.22. The van der Waals surface area contributed by atoms with E-state index in [1.54, 1.807) is 4.68 Å². The molecule has 6 nitrogen and oxygen atoms in total. The number of benzene rings is 3. The maximum atomic E-state index is 12.6. The third-order valence-corrected chi connectivity index (χ3v) is 5.41. The standard InChI is InChI=1S/C21H19N5OS/c1-15(20(27)22-19-12-11-17-9-5-6-10-18(17)13-19)28-21-23-24-25-26(21)14-16-7-3-2-4-8-16/h2-13,15H,14H2,1H3,(H,22,27). The van der Waals surface area contributed by atoms with E-state index < -0.39 is 0 Å². The highest BCUT2D eigenvalue weighted by atomic mass is 32.2. The van der Waals surface area contributed by atoms with Crippen molar-refractivity contribution in [2.75, 3.05) is 5.32 Å². The highest BCUT2D eigenvalue weighted by molar-refractivity contribution is 8.00. The number of thioether (sulfide) groups is 1. The molecule has 1 heterocycles. The van der Waals surface area contributed by atoms with Crippen LogP contribution in [0, 0.1) is 0 Å². The first-order valence-corrected chi connectivity index (χ1v) is 9.83. The first-order valence-electron chi connectivity index (χ1n) is 8.95. The number of aromatic nitrogens is 4. The summed E-state index contributed by atoms with van der Waals surface area (Å²) in [6.45, 7) is 2.41. The maximum Gasteiger partial charge on any atom is 0.237 e. The van der Waals surface area contributed by atoms with Crippen LogP contribution in [-0.2, 0) is 11.3 Å². The van der Waals surface area contributed by atoms with Crippen molar-refractivity contribution in [3.05, 3.63) is 78.4 Å². The number of hydrogen-bond acceptors (Lipinski definition) is 5. The summed E-state index contributed by atoms with van der Waals surface area (Å²) in [5.41, 5.74) is 1.88. The zero-order valence-corrected chi connectivity index (χ0v) is 16.1. The number of nitrogens with one attached hydrogen (secondary N) is 1. The number of rotatable bonds is 6. The Morgan fingerprint density at radius 3 is 2.61 bits per heavy atom. The van der Waals surface area contributed by atoms with Crippen molar-refractivity contribution >= 4 is 34.1 Å². The summed E-state index contributed by atoms with van der Waals surface area (Å²) in [5.74, 6) is -0.0884. The van der Waals surface area contributed by atoms with Gasteiger partial charge in [-0.3, -0.25) is 4.79 Å². The summed E-state index contributed by atoms with van der Waals surface area (Å²) in [6, 6.07) is 23.9. The molecule has 0 radical (unpaired) electrons. The highest BCUT2D eigenvalue weighted by Gasteiger charge is 2.19. The molecular weight excluding hydrogens is 370 g/mol. The lowest BCUT2D eigenvalue weighted by Gasteiger charge is -2.12. The minimum Gasteiger partial charge on any atom is -0.325 e. The molecule has 3 aromatic carbocycles. The SMILES string of the molecule is CC(Sc1nnnn1Cc1ccccc1)C(=O)Nc1ccc2ccccc2c1. The quantitative estimate of drug-likeness (QED) is 0.505. The molecule has 1 amide bonds. The van der Waals surface area contributed by atoms with Gasteiger partial charge in [0.25, 0.3) is 0 Å². The fourth-order valence-corrected chi connectivity index (χ4v) is 3.65. The van der Waals surface area contributed by atoms with Crippen molar-refractivity contribution in [2.45, 2.75) is 23.9 Å². The molecule has 0 saturated carbocycles. The minimum absolute atomic E-state index is 0.0884. The third-order valence-electron chi connectivity index (χ3n) is 4.34.